The Labute approximate surface area is 449 Å². The molecule has 2 aromatic rings. The van der Waals surface area contributed by atoms with Gasteiger partial charge >= 0.3 is 49.2 Å². The van der Waals surface area contributed by atoms with Crippen molar-refractivity contribution in [2.24, 2.45) is 0 Å². The van der Waals surface area contributed by atoms with Crippen molar-refractivity contribution in [1.82, 2.24) is 5.32 Å². The molecule has 1 heterocycles. The van der Waals surface area contributed by atoms with Crippen LogP contribution in [0, 0.1) is 0 Å². The number of phosphoric acid groups is 4. The van der Waals surface area contributed by atoms with E-state index in [1.165, 1.54) is 48.5 Å². The summed E-state index contributed by atoms with van der Waals surface area (Å²) in [4.78, 5) is 131. The Hall–Kier alpha value is -4.83. The van der Waals surface area contributed by atoms with Crippen molar-refractivity contribution in [2.45, 2.75) is 127 Å². The van der Waals surface area contributed by atoms with Crippen molar-refractivity contribution in [3.8, 4) is 28.2 Å². The third-order valence-electron chi connectivity index (χ3n) is 12.0. The minimum atomic E-state index is -5.84. The van der Waals surface area contributed by atoms with Crippen LogP contribution in [-0.2, 0) is 59.9 Å². The van der Waals surface area contributed by atoms with E-state index in [0.29, 0.717) is 61.5 Å². The summed E-state index contributed by atoms with van der Waals surface area (Å²) < 4.78 is 87.6. The molecule has 6 unspecified atom stereocenters. The van der Waals surface area contributed by atoms with E-state index in [9.17, 15) is 96.9 Å². The largest absolute Gasteiger partial charge is 0.508 e. The molecule has 2 aliphatic carbocycles. The number of unbranched alkanes of at least 4 members (excludes halogenated alkanes) is 8. The van der Waals surface area contributed by atoms with Gasteiger partial charge in [-0.1, -0.05) is 57.9 Å². The monoisotopic (exact) mass is 1200 g/mol. The summed E-state index contributed by atoms with van der Waals surface area (Å²) in [5, 5.41) is 45.4. The van der Waals surface area contributed by atoms with Crippen molar-refractivity contribution < 1.29 is 129 Å². The fraction of sp³-hybridized carbons (Fsp3) is 0.500. The molecule has 33 heteroatoms. The number of aliphatic hydroxyl groups excluding tert-OH is 2. The first-order valence-corrected chi connectivity index (χ1v) is 30.5. The average molecular weight is 1200 g/mol. The van der Waals surface area contributed by atoms with Crippen molar-refractivity contribution >= 4 is 66.1 Å². The fourth-order valence-corrected chi connectivity index (χ4v) is 11.1. The normalized spacial score (nSPS) is 20.1. The lowest BCUT2D eigenvalue weighted by molar-refractivity contribution is -0.209. The van der Waals surface area contributed by atoms with Crippen LogP contribution in [0.3, 0.4) is 0 Å². The molecule has 0 saturated heterocycles. The molecule has 79 heavy (non-hydrogen) atoms. The first-order valence-electron chi connectivity index (χ1n) is 24.4. The highest BCUT2D eigenvalue weighted by Gasteiger charge is 2.59. The number of carbonyl (C=O) groups is 4. The summed E-state index contributed by atoms with van der Waals surface area (Å²) in [6.07, 6.45) is -12.5. The quantitative estimate of drug-likeness (QED) is 0.0142. The second-order valence-electron chi connectivity index (χ2n) is 18.1. The van der Waals surface area contributed by atoms with E-state index in [2.05, 4.69) is 18.9 Å². The van der Waals surface area contributed by atoms with Crippen molar-refractivity contribution in [3.63, 3.8) is 0 Å². The zero-order valence-corrected chi connectivity index (χ0v) is 45.6. The molecule has 1 saturated carbocycles. The number of esters is 2. The average Bonchev–Trinajstić information content (AvgIpc) is 3.42. The lowest BCUT2D eigenvalue weighted by Gasteiger charge is -2.45. The summed E-state index contributed by atoms with van der Waals surface area (Å²) in [6, 6.07) is 12.5. The maximum Gasteiger partial charge on any atom is 0.472 e. The third-order valence-corrected chi connectivity index (χ3v) is 14.5. The molecule has 1 aliphatic heterocycles. The van der Waals surface area contributed by atoms with Crippen molar-refractivity contribution in [2.75, 3.05) is 19.8 Å². The number of carbonyl (C=O) groups excluding carboxylic acids is 3. The van der Waals surface area contributed by atoms with E-state index in [1.54, 1.807) is 6.07 Å². The zero-order valence-electron chi connectivity index (χ0n) is 42.0. The number of aromatic carboxylic acids is 1. The molecule has 6 atom stereocenters. The Kier molecular flexibility index (Phi) is 23.6. The number of fused-ring (bicyclic) bond motifs is 2. The number of carboxylic acid groups (broad SMARTS) is 1. The Bertz CT molecular complexity index is 2950. The molecule has 1 fully saturated rings. The van der Waals surface area contributed by atoms with Crippen LogP contribution in [0.25, 0.3) is 33.4 Å². The number of hydrogen-bond acceptors (Lipinski definition) is 20. The predicted molar refractivity (Wildman–Crippen MR) is 271 cm³/mol. The highest BCUT2D eigenvalue weighted by Crippen LogP contribution is 2.54. The maximum absolute atomic E-state index is 13.2. The Morgan fingerprint density at radius 3 is 1.82 bits per heavy atom. The number of phenolic OH excluding ortho intramolecular Hbond substituents is 1. The second kappa shape index (κ2) is 28.7. The van der Waals surface area contributed by atoms with Gasteiger partial charge in [0, 0.05) is 53.6 Å². The van der Waals surface area contributed by atoms with E-state index < -0.39 is 111 Å². The molecule has 3 aliphatic rings. The number of aromatic hydroxyl groups is 1. The van der Waals surface area contributed by atoms with Crippen molar-refractivity contribution in [1.29, 1.82) is 0 Å². The maximum atomic E-state index is 13.2. The van der Waals surface area contributed by atoms with Gasteiger partial charge < -0.3 is 73.9 Å². The molecule has 0 aromatic heterocycles. The van der Waals surface area contributed by atoms with Crippen LogP contribution in [0.1, 0.15) is 105 Å². The zero-order chi connectivity index (χ0) is 58.5. The van der Waals surface area contributed by atoms with E-state index in [0.717, 1.165) is 19.3 Å². The second-order valence-corrected chi connectivity index (χ2v) is 23.1. The molecule has 2 aromatic carbocycles. The van der Waals surface area contributed by atoms with Crippen LogP contribution in [0.4, 0.5) is 0 Å². The van der Waals surface area contributed by atoms with E-state index in [-0.39, 0.29) is 58.6 Å². The van der Waals surface area contributed by atoms with Gasteiger partial charge in [0.25, 0.3) is 5.91 Å². The van der Waals surface area contributed by atoms with Gasteiger partial charge in [-0.05, 0) is 61.2 Å². The Morgan fingerprint density at radius 2 is 1.22 bits per heavy atom. The van der Waals surface area contributed by atoms with E-state index in [1.807, 2.05) is 6.92 Å². The molecule has 12 N–H and O–H groups in total. The number of nitrogens with one attached hydrogen (secondary N) is 1. The smallest absolute Gasteiger partial charge is 0.472 e. The van der Waals surface area contributed by atoms with Gasteiger partial charge in [-0.2, -0.15) is 0 Å². The summed E-state index contributed by atoms with van der Waals surface area (Å²) in [6.45, 7) is 0.332. The number of ether oxygens (including phenoxy) is 2. The lowest BCUT2D eigenvalue weighted by Crippen LogP contribution is -2.65. The Morgan fingerprint density at radius 1 is 0.646 bits per heavy atom. The number of rotatable bonds is 31. The predicted octanol–water partition coefficient (Wildman–Crippen LogP) is 4.53. The number of hydrogen-bond donors (Lipinski definition) is 12. The molecule has 0 spiro atoms. The highest BCUT2D eigenvalue weighted by atomic mass is 31.2. The Balaban J connectivity index is 1.13. The van der Waals surface area contributed by atoms with Crippen LogP contribution in [0.15, 0.2) is 63.8 Å². The van der Waals surface area contributed by atoms with Crippen LogP contribution in [0.2, 0.25) is 0 Å². The number of carboxylic acids is 1. The van der Waals surface area contributed by atoms with Crippen LogP contribution in [0.5, 0.6) is 5.75 Å². The van der Waals surface area contributed by atoms with Gasteiger partial charge in [0.1, 0.15) is 60.3 Å². The van der Waals surface area contributed by atoms with Crippen LogP contribution >= 0.6 is 31.3 Å². The summed E-state index contributed by atoms with van der Waals surface area (Å²) in [5.74, 6) is -3.48. The minimum Gasteiger partial charge on any atom is -0.508 e. The molecule has 5 rings (SSSR count). The molecule has 29 nitrogen and oxygen atoms in total. The lowest BCUT2D eigenvalue weighted by atomic mass is 9.85. The number of aliphatic hydroxyl groups is 2. The molecule has 1 amide bonds. The van der Waals surface area contributed by atoms with Gasteiger partial charge in [-0.15, -0.1) is 0 Å². The molecular formula is C46H61NO28P4. The first kappa shape index (κ1) is 65.0. The van der Waals surface area contributed by atoms with Gasteiger partial charge in [0.15, 0.2) is 11.5 Å². The third kappa shape index (κ3) is 20.3. The SMILES string of the molecule is CCCCCCCC(=O)OC(COC(=O)CCCCCCCNC(=O)c1ccc(-c2c3ccc(=O)cc-3oc3cc(O)ccc23)c(C(=O)O)c1)COP(=O)(O)OC1C(O)C(OP(=O)(O)O)C(OP(=O)(O)O)C(OP(=O)(O)O)C1O. The van der Waals surface area contributed by atoms with Gasteiger partial charge in [0.05, 0.1) is 12.2 Å². The van der Waals surface area contributed by atoms with E-state index >= 15 is 0 Å². The minimum absolute atomic E-state index is 0.0601. The highest BCUT2D eigenvalue weighted by molar-refractivity contribution is 7.47. The van der Waals surface area contributed by atoms with Crippen molar-refractivity contribution in [3.05, 3.63) is 75.9 Å². The number of amides is 1. The number of phosphoric ester groups is 4. The molecule has 0 radical (unpaired) electrons. The van der Waals surface area contributed by atoms with Gasteiger partial charge in [0.2, 0.25) is 0 Å². The standard InChI is InChI=1S/C46H61NO28P4/c1-2-3-4-6-10-13-37(51)70-29(25-69-79(66,67)75-41-39(52)42(72-76(57,58)59)44(74-78(63,64)65)43(40(41)53)73-77(60,61)62)24-68-36(50)12-9-7-5-8-11-20-47-45(54)26-14-17-30(33(21-26)46(55)56)38-31-18-15-27(48)22-34(31)71-35-23-28(49)16-19-32(35)38/h14-19,21-23,29,39-44,48,52-53H,2-13,20,24-25H2,1H3,(H,47,54)(H,55,56)(H,66,67)(H2,57,58,59)(H2,60,61,62)(H2,63,64,65). The van der Waals surface area contributed by atoms with Crippen LogP contribution < -0.4 is 10.7 Å². The summed E-state index contributed by atoms with van der Waals surface area (Å²) >= 11 is 0. The van der Waals surface area contributed by atoms with Gasteiger partial charge in [-0.25, -0.2) is 23.1 Å². The first-order chi connectivity index (χ1) is 37.0. The van der Waals surface area contributed by atoms with E-state index in [4.69, 9.17) is 22.9 Å². The molecule has 438 valence electrons. The number of benzene rings is 3. The molecular weight excluding hydrogens is 1140 g/mol. The summed E-state index contributed by atoms with van der Waals surface area (Å²) in [5.41, 5.74) is 0.763. The number of phenols is 1. The summed E-state index contributed by atoms with van der Waals surface area (Å²) in [7, 11) is -23.2. The van der Waals surface area contributed by atoms with Crippen LogP contribution in [-0.4, -0.2) is 141 Å². The fourth-order valence-electron chi connectivity index (χ4n) is 8.43. The molecule has 0 bridgehead atoms. The van der Waals surface area contributed by atoms with Gasteiger partial charge in [-0.3, -0.25) is 41.8 Å². The topological polar surface area (TPSA) is 466 Å².